The lowest BCUT2D eigenvalue weighted by Gasteiger charge is -2.42. The maximum atomic E-state index is 12.9. The molecule has 0 aromatic rings. The minimum absolute atomic E-state index is 0.0907. The molecule has 7 N–H and O–H groups in total. The monoisotopic (exact) mass is 913 g/mol. The SMILES string of the molecule is CCCC/C=C/CCCCCCCC(=O)OC[C@H](CO[C@H]1O[C@@H](CO[C@H]2O[C@@H](CO)[C@@H](O)C(O)C2O)[C@@H](O)C(O)C1O)OC(=O)CCC/C=C/C/C=C/C/C=C/CCCCCCCC. The second kappa shape index (κ2) is 36.6. The number of esters is 2. The molecule has 0 aromatic heterocycles. The van der Waals surface area contributed by atoms with Crippen LogP contribution in [0.15, 0.2) is 48.6 Å². The van der Waals surface area contributed by atoms with Gasteiger partial charge in [0.15, 0.2) is 18.7 Å². The third kappa shape index (κ3) is 24.8. The fraction of sp³-hybridized carbons (Fsp3) is 0.796. The van der Waals surface area contributed by atoms with Gasteiger partial charge in [-0.15, -0.1) is 0 Å². The molecule has 11 atom stereocenters. The summed E-state index contributed by atoms with van der Waals surface area (Å²) in [5.41, 5.74) is 0. The van der Waals surface area contributed by atoms with Crippen molar-refractivity contribution in [3.05, 3.63) is 48.6 Å². The van der Waals surface area contributed by atoms with Crippen LogP contribution in [0.3, 0.4) is 0 Å². The van der Waals surface area contributed by atoms with Gasteiger partial charge in [-0.3, -0.25) is 9.59 Å². The van der Waals surface area contributed by atoms with E-state index in [0.29, 0.717) is 19.3 Å². The normalized spacial score (nSPS) is 27.0. The van der Waals surface area contributed by atoms with Gasteiger partial charge in [-0.05, 0) is 64.2 Å². The second-order valence-corrected chi connectivity index (χ2v) is 16.9. The summed E-state index contributed by atoms with van der Waals surface area (Å²) >= 11 is 0. The molecule has 4 unspecified atom stereocenters. The first kappa shape index (κ1) is 57.6. The molecule has 2 aliphatic heterocycles. The van der Waals surface area contributed by atoms with Crippen molar-refractivity contribution in [2.75, 3.05) is 26.4 Å². The number of aliphatic hydroxyl groups is 7. The van der Waals surface area contributed by atoms with E-state index in [4.69, 9.17) is 28.4 Å². The number of carbonyl (C=O) groups excluding carboxylic acids is 2. The molecular weight excluding hydrogens is 829 g/mol. The first-order valence-electron chi connectivity index (χ1n) is 24.2. The summed E-state index contributed by atoms with van der Waals surface area (Å²) < 4.78 is 33.4. The first-order valence-corrected chi connectivity index (χ1v) is 24.2. The highest BCUT2D eigenvalue weighted by Crippen LogP contribution is 2.26. The molecule has 0 radical (unpaired) electrons. The van der Waals surface area contributed by atoms with Gasteiger partial charge in [0.05, 0.1) is 19.8 Å². The maximum Gasteiger partial charge on any atom is 0.306 e. The largest absolute Gasteiger partial charge is 0.462 e. The van der Waals surface area contributed by atoms with Crippen LogP contribution in [0.4, 0.5) is 0 Å². The van der Waals surface area contributed by atoms with Crippen molar-refractivity contribution in [1.82, 2.24) is 0 Å². The smallest absolute Gasteiger partial charge is 0.306 e. The van der Waals surface area contributed by atoms with Crippen molar-refractivity contribution in [2.24, 2.45) is 0 Å². The van der Waals surface area contributed by atoms with Crippen molar-refractivity contribution in [2.45, 2.75) is 223 Å². The Labute approximate surface area is 382 Å². The molecule has 15 heteroatoms. The average molecular weight is 913 g/mol. The molecule has 2 rings (SSSR count). The van der Waals surface area contributed by atoms with E-state index in [1.54, 1.807) is 0 Å². The number of hydrogen-bond donors (Lipinski definition) is 7. The molecule has 2 saturated heterocycles. The third-order valence-corrected chi connectivity index (χ3v) is 11.3. The summed E-state index contributed by atoms with van der Waals surface area (Å²) in [6.07, 6.45) is 21.6. The molecule has 370 valence electrons. The van der Waals surface area contributed by atoms with Crippen molar-refractivity contribution < 1.29 is 73.8 Å². The maximum absolute atomic E-state index is 12.9. The van der Waals surface area contributed by atoms with Crippen molar-refractivity contribution in [3.8, 4) is 0 Å². The molecule has 0 bridgehead atoms. The molecular formula is C49H84O15. The van der Waals surface area contributed by atoms with Crippen LogP contribution < -0.4 is 0 Å². The summed E-state index contributed by atoms with van der Waals surface area (Å²) in [5, 5.41) is 71.9. The zero-order valence-corrected chi connectivity index (χ0v) is 38.8. The van der Waals surface area contributed by atoms with Crippen LogP contribution >= 0.6 is 0 Å². The van der Waals surface area contributed by atoms with Gasteiger partial charge in [-0.1, -0.05) is 127 Å². The van der Waals surface area contributed by atoms with Crippen LogP contribution in [0.5, 0.6) is 0 Å². The second-order valence-electron chi connectivity index (χ2n) is 16.9. The lowest BCUT2D eigenvalue weighted by Crippen LogP contribution is -2.61. The van der Waals surface area contributed by atoms with E-state index >= 15 is 0 Å². The predicted molar refractivity (Wildman–Crippen MR) is 243 cm³/mol. The van der Waals surface area contributed by atoms with E-state index in [0.717, 1.165) is 57.8 Å². The summed E-state index contributed by atoms with van der Waals surface area (Å²) in [5.74, 6) is -1.00. The van der Waals surface area contributed by atoms with E-state index < -0.39 is 99.3 Å². The van der Waals surface area contributed by atoms with Gasteiger partial charge in [0.25, 0.3) is 0 Å². The number of hydrogen-bond acceptors (Lipinski definition) is 15. The highest BCUT2D eigenvalue weighted by Gasteiger charge is 2.47. The molecule has 15 nitrogen and oxygen atoms in total. The van der Waals surface area contributed by atoms with E-state index in [9.17, 15) is 45.3 Å². The minimum Gasteiger partial charge on any atom is -0.462 e. The molecule has 2 heterocycles. The van der Waals surface area contributed by atoms with Crippen LogP contribution in [0.1, 0.15) is 155 Å². The molecule has 2 aliphatic rings. The molecule has 64 heavy (non-hydrogen) atoms. The molecule has 0 aromatic carbocycles. The predicted octanol–water partition coefficient (Wildman–Crippen LogP) is 5.93. The Morgan fingerprint density at radius 2 is 0.969 bits per heavy atom. The van der Waals surface area contributed by atoms with Crippen molar-refractivity contribution in [3.63, 3.8) is 0 Å². The van der Waals surface area contributed by atoms with Crippen molar-refractivity contribution >= 4 is 11.9 Å². The Morgan fingerprint density at radius 1 is 0.500 bits per heavy atom. The Hall–Kier alpha value is -2.54. The number of carbonyl (C=O) groups is 2. The summed E-state index contributed by atoms with van der Waals surface area (Å²) in [4.78, 5) is 25.6. The fourth-order valence-corrected chi connectivity index (χ4v) is 7.21. The van der Waals surface area contributed by atoms with E-state index in [1.807, 2.05) is 12.2 Å². The Kier molecular flexibility index (Phi) is 32.9. The Morgan fingerprint density at radius 3 is 1.58 bits per heavy atom. The van der Waals surface area contributed by atoms with Gasteiger partial charge >= 0.3 is 11.9 Å². The van der Waals surface area contributed by atoms with Gasteiger partial charge in [-0.2, -0.15) is 0 Å². The zero-order valence-electron chi connectivity index (χ0n) is 38.8. The number of aliphatic hydroxyl groups excluding tert-OH is 7. The topological polar surface area (TPSA) is 231 Å². The lowest BCUT2D eigenvalue weighted by atomic mass is 9.98. The first-order chi connectivity index (χ1) is 31.0. The minimum atomic E-state index is -1.77. The van der Waals surface area contributed by atoms with Crippen molar-refractivity contribution in [1.29, 1.82) is 0 Å². The fourth-order valence-electron chi connectivity index (χ4n) is 7.21. The number of unbranched alkanes of at least 4 members (excludes halogenated alkanes) is 14. The van der Waals surface area contributed by atoms with Crippen LogP contribution in [-0.2, 0) is 38.0 Å². The standard InChI is InChI=1S/C49H84O15/c1-3-5-7-9-11-13-15-16-17-18-19-20-22-24-26-28-30-32-41(52)62-37(34-59-40(51)31-29-27-25-23-21-14-12-10-8-6-4-2)35-60-48-47(58)45(56)43(54)39(64-48)36-61-49-46(57)44(55)42(53)38(33-50)63-49/h10,12,16-17,19-20,24,26,37-39,42-50,53-58H,3-9,11,13-15,18,21-23,25,27-36H2,1-2H3/b12-10+,17-16+,20-19+,26-24+/t37-,38+,39+,42-,43-,44?,45?,46?,47?,48+,49+/m1/s1. The van der Waals surface area contributed by atoms with Gasteiger partial charge in [0, 0.05) is 12.8 Å². The van der Waals surface area contributed by atoms with Gasteiger partial charge in [0.2, 0.25) is 0 Å². The van der Waals surface area contributed by atoms with Crippen LogP contribution in [0, 0.1) is 0 Å². The molecule has 0 saturated carbocycles. The Balaban J connectivity index is 1.86. The summed E-state index contributed by atoms with van der Waals surface area (Å²) in [6.45, 7) is 2.46. The summed E-state index contributed by atoms with van der Waals surface area (Å²) in [7, 11) is 0. The average Bonchev–Trinajstić information content (AvgIpc) is 3.29. The van der Waals surface area contributed by atoms with E-state index in [-0.39, 0.29) is 19.4 Å². The zero-order chi connectivity index (χ0) is 46.8. The third-order valence-electron chi connectivity index (χ3n) is 11.3. The number of allylic oxidation sites excluding steroid dienone is 8. The number of ether oxygens (including phenoxy) is 6. The molecule has 0 aliphatic carbocycles. The van der Waals surface area contributed by atoms with Crippen LogP contribution in [0.2, 0.25) is 0 Å². The highest BCUT2D eigenvalue weighted by molar-refractivity contribution is 5.70. The van der Waals surface area contributed by atoms with Gasteiger partial charge in [0.1, 0.15) is 55.4 Å². The Bertz CT molecular complexity index is 1300. The molecule has 0 spiro atoms. The van der Waals surface area contributed by atoms with E-state index in [1.165, 1.54) is 51.4 Å². The number of rotatable bonds is 36. The van der Waals surface area contributed by atoms with E-state index in [2.05, 4.69) is 50.3 Å². The lowest BCUT2D eigenvalue weighted by molar-refractivity contribution is -0.332. The van der Waals surface area contributed by atoms with Gasteiger partial charge < -0.3 is 64.2 Å². The van der Waals surface area contributed by atoms with Crippen LogP contribution in [-0.4, -0.2) is 142 Å². The summed E-state index contributed by atoms with van der Waals surface area (Å²) in [6, 6.07) is 0. The highest BCUT2D eigenvalue weighted by atomic mass is 16.7. The van der Waals surface area contributed by atoms with Crippen LogP contribution in [0.25, 0.3) is 0 Å². The molecule has 2 fully saturated rings. The quantitative estimate of drug-likeness (QED) is 0.0220. The van der Waals surface area contributed by atoms with Gasteiger partial charge in [-0.25, -0.2) is 0 Å². The molecule has 0 amide bonds.